The highest BCUT2D eigenvalue weighted by molar-refractivity contribution is 7.10. The zero-order valence-electron chi connectivity index (χ0n) is 17.7. The number of anilines is 1. The predicted molar refractivity (Wildman–Crippen MR) is 117 cm³/mol. The van der Waals surface area contributed by atoms with Gasteiger partial charge in [-0.15, -0.1) is 0 Å². The highest BCUT2D eigenvalue weighted by Crippen LogP contribution is 2.27. The van der Waals surface area contributed by atoms with E-state index in [1.54, 1.807) is 0 Å². The lowest BCUT2D eigenvalue weighted by Crippen LogP contribution is -2.49. The van der Waals surface area contributed by atoms with Gasteiger partial charge in [-0.2, -0.15) is 9.36 Å². The molecule has 1 atom stereocenters. The van der Waals surface area contributed by atoms with E-state index in [0.717, 1.165) is 29.3 Å². The van der Waals surface area contributed by atoms with Crippen LogP contribution < -0.4 is 5.32 Å². The fourth-order valence-electron chi connectivity index (χ4n) is 3.64. The highest BCUT2D eigenvalue weighted by atomic mass is 32.1. The molecule has 0 spiro atoms. The number of hydrogen-bond donors (Lipinski definition) is 1. The first-order valence-corrected chi connectivity index (χ1v) is 10.8. The number of amides is 1. The van der Waals surface area contributed by atoms with E-state index >= 15 is 0 Å². The zero-order valence-corrected chi connectivity index (χ0v) is 18.5. The van der Waals surface area contributed by atoms with Crippen LogP contribution in [0.5, 0.6) is 0 Å². The van der Waals surface area contributed by atoms with Gasteiger partial charge in [-0.25, -0.2) is 0 Å². The number of carbonyl (C=O) groups is 1. The molecule has 1 amide bonds. The van der Waals surface area contributed by atoms with Gasteiger partial charge in [0, 0.05) is 38.8 Å². The van der Waals surface area contributed by atoms with Crippen LogP contribution in [-0.2, 0) is 0 Å². The van der Waals surface area contributed by atoms with E-state index in [1.165, 1.54) is 17.1 Å². The number of benzene rings is 1. The molecule has 30 heavy (non-hydrogen) atoms. The lowest BCUT2D eigenvalue weighted by molar-refractivity contribution is 0.0552. The van der Waals surface area contributed by atoms with Crippen LogP contribution in [0.2, 0.25) is 0 Å². The molecule has 1 N–H and O–H groups in total. The molecule has 3 aromatic rings. The van der Waals surface area contributed by atoms with Gasteiger partial charge in [0.05, 0.1) is 17.3 Å². The Hall–Kier alpha value is -2.78. The monoisotopic (exact) mass is 426 g/mol. The van der Waals surface area contributed by atoms with Crippen molar-refractivity contribution in [3.05, 3.63) is 47.0 Å². The van der Waals surface area contributed by atoms with E-state index < -0.39 is 0 Å². The maximum absolute atomic E-state index is 13.0. The topological polar surface area (TPSA) is 87.4 Å². The minimum atomic E-state index is -0.00799. The van der Waals surface area contributed by atoms with E-state index in [2.05, 4.69) is 31.7 Å². The van der Waals surface area contributed by atoms with Gasteiger partial charge in [-0.1, -0.05) is 35.0 Å². The molecule has 1 fully saturated rings. The molecule has 0 aliphatic carbocycles. The van der Waals surface area contributed by atoms with Gasteiger partial charge in [0.15, 0.2) is 0 Å². The summed E-state index contributed by atoms with van der Waals surface area (Å²) in [5.41, 5.74) is 3.60. The normalized spacial score (nSPS) is 15.9. The van der Waals surface area contributed by atoms with Crippen molar-refractivity contribution in [2.75, 3.05) is 38.5 Å². The smallest absolute Gasteiger partial charge is 0.258 e. The average molecular weight is 427 g/mol. The quantitative estimate of drug-likeness (QED) is 0.669. The van der Waals surface area contributed by atoms with Crippen molar-refractivity contribution in [1.29, 1.82) is 0 Å². The second kappa shape index (κ2) is 8.53. The third-order valence-corrected chi connectivity index (χ3v) is 6.52. The van der Waals surface area contributed by atoms with E-state index in [-0.39, 0.29) is 11.9 Å². The lowest BCUT2D eigenvalue weighted by atomic mass is 10.1. The third-order valence-electron chi connectivity index (χ3n) is 5.56. The Morgan fingerprint density at radius 2 is 1.87 bits per heavy atom. The molecule has 1 aromatic carbocycles. The first-order chi connectivity index (χ1) is 14.5. The molecular weight excluding hydrogens is 400 g/mol. The summed E-state index contributed by atoms with van der Waals surface area (Å²) in [6, 6.07) is 8.07. The van der Waals surface area contributed by atoms with Crippen LogP contribution in [-0.4, -0.2) is 63.4 Å². The molecule has 158 valence electrons. The van der Waals surface area contributed by atoms with Crippen molar-refractivity contribution >= 4 is 22.4 Å². The summed E-state index contributed by atoms with van der Waals surface area (Å²) in [5.74, 6) is 1.24. The van der Waals surface area contributed by atoms with Gasteiger partial charge in [0.1, 0.15) is 5.00 Å². The lowest BCUT2D eigenvalue weighted by Gasteiger charge is -2.36. The van der Waals surface area contributed by atoms with Crippen molar-refractivity contribution in [3.8, 4) is 11.4 Å². The molecule has 4 rings (SSSR count). The summed E-state index contributed by atoms with van der Waals surface area (Å²) in [4.78, 5) is 21.8. The Labute approximate surface area is 180 Å². The second-order valence-corrected chi connectivity index (χ2v) is 8.32. The number of carbonyl (C=O) groups excluding carboxylic acids is 1. The van der Waals surface area contributed by atoms with Crippen molar-refractivity contribution in [1.82, 2.24) is 24.3 Å². The van der Waals surface area contributed by atoms with Crippen molar-refractivity contribution in [3.63, 3.8) is 0 Å². The van der Waals surface area contributed by atoms with Crippen LogP contribution in [0.15, 0.2) is 28.8 Å². The molecule has 8 nitrogen and oxygen atoms in total. The van der Waals surface area contributed by atoms with E-state index in [4.69, 9.17) is 4.52 Å². The van der Waals surface area contributed by atoms with Gasteiger partial charge in [-0.05, 0) is 32.3 Å². The first-order valence-electron chi connectivity index (χ1n) is 10.1. The number of nitrogens with one attached hydrogen (secondary N) is 1. The molecular formula is C21H26N6O2S. The van der Waals surface area contributed by atoms with Crippen LogP contribution in [0.25, 0.3) is 11.4 Å². The minimum Gasteiger partial charge on any atom is -0.378 e. The number of rotatable bonds is 5. The molecule has 0 saturated carbocycles. The predicted octanol–water partition coefficient (Wildman–Crippen LogP) is 3.37. The Morgan fingerprint density at radius 3 is 2.53 bits per heavy atom. The Bertz CT molecular complexity index is 1020. The van der Waals surface area contributed by atoms with Crippen LogP contribution in [0.3, 0.4) is 0 Å². The summed E-state index contributed by atoms with van der Waals surface area (Å²) in [7, 11) is 1.82. The molecule has 1 aliphatic heterocycles. The molecule has 1 saturated heterocycles. The van der Waals surface area contributed by atoms with Crippen molar-refractivity contribution in [2.24, 2.45) is 0 Å². The number of nitrogens with zero attached hydrogens (tertiary/aromatic N) is 5. The van der Waals surface area contributed by atoms with Gasteiger partial charge in [0.25, 0.3) is 5.91 Å². The Kier molecular flexibility index (Phi) is 5.83. The largest absolute Gasteiger partial charge is 0.378 e. The van der Waals surface area contributed by atoms with Crippen LogP contribution in [0.4, 0.5) is 5.00 Å². The molecule has 0 unspecified atom stereocenters. The molecule has 0 radical (unpaired) electrons. The zero-order chi connectivity index (χ0) is 21.3. The molecule has 2 aromatic heterocycles. The molecule has 0 bridgehead atoms. The van der Waals surface area contributed by atoms with E-state index in [9.17, 15) is 4.79 Å². The average Bonchev–Trinajstić information content (AvgIpc) is 3.40. The van der Waals surface area contributed by atoms with Crippen LogP contribution in [0, 0.1) is 13.8 Å². The van der Waals surface area contributed by atoms with Crippen LogP contribution in [0.1, 0.15) is 40.5 Å². The van der Waals surface area contributed by atoms with Gasteiger partial charge in [0.2, 0.25) is 11.7 Å². The number of aryl methyl sites for hydroxylation is 2. The Morgan fingerprint density at radius 1 is 1.17 bits per heavy atom. The molecule has 1 aliphatic rings. The first kappa shape index (κ1) is 20.5. The SMILES string of the molecule is CNc1snc(C)c1C(=O)N1CCN([C@H](C)c2nc(-c3ccc(C)cc3)no2)CC1. The molecule has 3 heterocycles. The number of hydrogen-bond acceptors (Lipinski definition) is 8. The summed E-state index contributed by atoms with van der Waals surface area (Å²) in [6.07, 6.45) is 0. The number of piperazine rings is 1. The third kappa shape index (κ3) is 3.95. The maximum Gasteiger partial charge on any atom is 0.258 e. The van der Waals surface area contributed by atoms with E-state index in [0.29, 0.717) is 30.4 Å². The number of aromatic nitrogens is 3. The standard InChI is InChI=1S/C21H26N6O2S/c1-13-5-7-16(8-6-13)18-23-19(29-24-18)15(3)26-9-11-27(12-10-26)21(28)17-14(2)25-30-20(17)22-4/h5-8,15,22H,9-12H2,1-4H3/t15-/m1/s1. The van der Waals surface area contributed by atoms with Crippen molar-refractivity contribution in [2.45, 2.75) is 26.8 Å². The highest BCUT2D eigenvalue weighted by Gasteiger charge is 2.30. The fourth-order valence-corrected chi connectivity index (χ4v) is 4.38. The Balaban J connectivity index is 1.40. The summed E-state index contributed by atoms with van der Waals surface area (Å²) < 4.78 is 9.86. The minimum absolute atomic E-state index is 0.00799. The summed E-state index contributed by atoms with van der Waals surface area (Å²) in [5, 5.41) is 8.04. The molecule has 9 heteroatoms. The summed E-state index contributed by atoms with van der Waals surface area (Å²) >= 11 is 1.33. The second-order valence-electron chi connectivity index (χ2n) is 7.55. The van der Waals surface area contributed by atoms with Crippen LogP contribution >= 0.6 is 11.5 Å². The van der Waals surface area contributed by atoms with Gasteiger partial charge >= 0.3 is 0 Å². The van der Waals surface area contributed by atoms with Crippen molar-refractivity contribution < 1.29 is 9.32 Å². The van der Waals surface area contributed by atoms with Gasteiger partial charge < -0.3 is 14.7 Å². The summed E-state index contributed by atoms with van der Waals surface area (Å²) in [6.45, 7) is 8.80. The maximum atomic E-state index is 13.0. The fraction of sp³-hybridized carbons (Fsp3) is 0.429. The van der Waals surface area contributed by atoms with Gasteiger partial charge in [-0.3, -0.25) is 9.69 Å². The van der Waals surface area contributed by atoms with E-state index in [1.807, 2.05) is 50.1 Å².